The van der Waals surface area contributed by atoms with Crippen molar-refractivity contribution in [2.24, 2.45) is 27.1 Å². The molecule has 0 radical (unpaired) electrons. The predicted octanol–water partition coefficient (Wildman–Crippen LogP) is 4.40. The molecule has 0 aromatic carbocycles. The first kappa shape index (κ1) is 24.9. The Morgan fingerprint density at radius 3 is 2.58 bits per heavy atom. The number of nitrogens with zero attached hydrogens (tertiary/aromatic N) is 4. The van der Waals surface area contributed by atoms with Crippen molar-refractivity contribution in [3.63, 3.8) is 0 Å². The van der Waals surface area contributed by atoms with E-state index in [1.807, 2.05) is 19.1 Å². The summed E-state index contributed by atoms with van der Waals surface area (Å²) in [5, 5.41) is 0. The molecule has 1 aromatic heterocycles. The topological polar surface area (TPSA) is 102 Å². The second kappa shape index (κ2) is 10.8. The summed E-state index contributed by atoms with van der Waals surface area (Å²) < 4.78 is 6.12. The Kier molecular flexibility index (Phi) is 8.62. The fourth-order valence-corrected chi connectivity index (χ4v) is 4.14. The lowest BCUT2D eigenvalue weighted by Crippen LogP contribution is -2.42. The van der Waals surface area contributed by atoms with E-state index in [0.717, 1.165) is 30.1 Å². The van der Waals surface area contributed by atoms with Crippen LogP contribution < -0.4 is 16.4 Å². The number of nitrogen functional groups attached to an aromatic ring is 1. The van der Waals surface area contributed by atoms with Crippen molar-refractivity contribution in [3.05, 3.63) is 29.8 Å². The number of anilines is 2. The van der Waals surface area contributed by atoms with E-state index >= 15 is 0 Å². The first-order valence-corrected chi connectivity index (χ1v) is 11.3. The van der Waals surface area contributed by atoms with Crippen LogP contribution in [0, 0.1) is 11.3 Å². The van der Waals surface area contributed by atoms with Crippen LogP contribution in [0.25, 0.3) is 0 Å². The minimum absolute atomic E-state index is 0.0916. The molecule has 2 rings (SSSR count). The highest BCUT2D eigenvalue weighted by molar-refractivity contribution is 6.17. The van der Waals surface area contributed by atoms with Crippen LogP contribution >= 0.6 is 0 Å². The zero-order valence-corrected chi connectivity index (χ0v) is 20.2. The summed E-state index contributed by atoms with van der Waals surface area (Å²) in [6.07, 6.45) is 4.10. The van der Waals surface area contributed by atoms with Gasteiger partial charge >= 0.3 is 0 Å². The first-order valence-electron chi connectivity index (χ1n) is 11.3. The Balaban J connectivity index is 2.59. The lowest BCUT2D eigenvalue weighted by molar-refractivity contribution is 0.0241. The van der Waals surface area contributed by atoms with Crippen molar-refractivity contribution in [1.82, 2.24) is 4.98 Å². The third-order valence-electron chi connectivity index (χ3n) is 5.73. The number of guanidine groups is 1. The number of allylic oxidation sites excluding steroid dienone is 1. The van der Waals surface area contributed by atoms with Gasteiger partial charge in [0, 0.05) is 23.6 Å². The van der Waals surface area contributed by atoms with Crippen LogP contribution in [0.1, 0.15) is 61.3 Å². The quantitative estimate of drug-likeness (QED) is 0.472. The number of hydrogen-bond acceptors (Lipinski definition) is 4. The zero-order chi connectivity index (χ0) is 23.2. The van der Waals surface area contributed by atoms with E-state index in [0.29, 0.717) is 24.9 Å². The first-order chi connectivity index (χ1) is 14.6. The third-order valence-corrected chi connectivity index (χ3v) is 5.73. The van der Waals surface area contributed by atoms with Gasteiger partial charge in [0.2, 0.25) is 5.96 Å². The van der Waals surface area contributed by atoms with E-state index in [-0.39, 0.29) is 23.5 Å². The maximum Gasteiger partial charge on any atom is 0.217 e. The molecule has 1 aromatic rings. The summed E-state index contributed by atoms with van der Waals surface area (Å²) in [5.74, 6) is 2.85. The average Bonchev–Trinajstić information content (AvgIpc) is 2.93. The van der Waals surface area contributed by atoms with Gasteiger partial charge in [-0.25, -0.2) is 4.98 Å². The van der Waals surface area contributed by atoms with Crippen LogP contribution in [0.2, 0.25) is 0 Å². The number of hydrogen-bond donors (Lipinski definition) is 2. The van der Waals surface area contributed by atoms with Crippen LogP contribution in [-0.2, 0) is 4.74 Å². The number of ether oxygens (including phenoxy) is 1. The Morgan fingerprint density at radius 1 is 1.32 bits per heavy atom. The fourth-order valence-electron chi connectivity index (χ4n) is 4.14. The molecule has 2 heterocycles. The molecule has 2 atom stereocenters. The van der Waals surface area contributed by atoms with Crippen LogP contribution in [-0.4, -0.2) is 42.1 Å². The van der Waals surface area contributed by atoms with Gasteiger partial charge < -0.3 is 21.1 Å². The monoisotopic (exact) mass is 428 g/mol. The number of aromatic nitrogens is 1. The maximum absolute atomic E-state index is 6.26. The molecule has 0 aliphatic carbocycles. The zero-order valence-electron chi connectivity index (χ0n) is 20.2. The highest BCUT2D eigenvalue weighted by atomic mass is 16.5. The van der Waals surface area contributed by atoms with E-state index in [4.69, 9.17) is 21.2 Å². The van der Waals surface area contributed by atoms with E-state index in [9.17, 15) is 0 Å². The molecular formula is C24H40N6O. The van der Waals surface area contributed by atoms with Gasteiger partial charge in [0.05, 0.1) is 12.7 Å². The molecule has 1 aliphatic heterocycles. The Hall–Kier alpha value is -2.41. The van der Waals surface area contributed by atoms with Crippen molar-refractivity contribution in [1.29, 1.82) is 0 Å². The largest absolute Gasteiger partial charge is 0.384 e. The summed E-state index contributed by atoms with van der Waals surface area (Å²) in [6, 6.07) is 5.76. The van der Waals surface area contributed by atoms with Crippen LogP contribution in [0.4, 0.5) is 11.6 Å². The smallest absolute Gasteiger partial charge is 0.217 e. The second-order valence-electron chi connectivity index (χ2n) is 9.05. The van der Waals surface area contributed by atoms with Gasteiger partial charge in [0.25, 0.3) is 0 Å². The summed E-state index contributed by atoms with van der Waals surface area (Å²) in [5.41, 5.74) is 13.1. The maximum atomic E-state index is 6.26. The molecule has 1 fully saturated rings. The lowest BCUT2D eigenvalue weighted by Gasteiger charge is -2.35. The number of pyridine rings is 1. The Labute approximate surface area is 187 Å². The summed E-state index contributed by atoms with van der Waals surface area (Å²) in [6.45, 7) is 16.1. The summed E-state index contributed by atoms with van der Waals surface area (Å²) >= 11 is 0. The highest BCUT2D eigenvalue weighted by Gasteiger charge is 2.51. The molecule has 4 N–H and O–H groups in total. The fraction of sp³-hybridized carbons (Fsp3) is 0.625. The lowest BCUT2D eigenvalue weighted by atomic mass is 9.78. The Morgan fingerprint density at radius 2 is 2.03 bits per heavy atom. The van der Waals surface area contributed by atoms with E-state index in [1.54, 1.807) is 6.07 Å². The normalized spacial score (nSPS) is 24.9. The predicted molar refractivity (Wildman–Crippen MR) is 132 cm³/mol. The molecule has 31 heavy (non-hydrogen) atoms. The molecule has 7 nitrogen and oxygen atoms in total. The number of amidine groups is 1. The van der Waals surface area contributed by atoms with Crippen molar-refractivity contribution in [2.75, 3.05) is 23.8 Å². The van der Waals surface area contributed by atoms with E-state index < -0.39 is 0 Å². The van der Waals surface area contributed by atoms with Crippen molar-refractivity contribution in [3.8, 4) is 0 Å². The van der Waals surface area contributed by atoms with Crippen molar-refractivity contribution in [2.45, 2.75) is 73.5 Å². The number of rotatable bonds is 8. The van der Waals surface area contributed by atoms with Crippen molar-refractivity contribution < 1.29 is 4.74 Å². The minimum atomic E-state index is -0.281. The van der Waals surface area contributed by atoms with Gasteiger partial charge in [-0.3, -0.25) is 4.99 Å². The molecule has 0 unspecified atom stereocenters. The number of aliphatic imine (C=N–C) groups is 2. The van der Waals surface area contributed by atoms with E-state index in [2.05, 4.69) is 62.5 Å². The molecule has 0 amide bonds. The van der Waals surface area contributed by atoms with Gasteiger partial charge in [0.15, 0.2) is 0 Å². The summed E-state index contributed by atoms with van der Waals surface area (Å²) in [7, 11) is 0. The molecular weight excluding hydrogens is 388 g/mol. The molecule has 172 valence electrons. The van der Waals surface area contributed by atoms with Gasteiger partial charge in [-0.1, -0.05) is 39.8 Å². The standard InChI is InChI=1S/C24H40N6O/c1-8-18-22(29-23(26)27-14-13-16(3)4)30(21-12-10-11-20(25)28-21)19(9-2)24(18,7)15-31-17(5)6/h8,10-12,16-17,19H,9,13-15H2,1-7H3,(H2,25,28)(H2,26,27)/b18-8+,29-22+/t19-,24-/m0/s1. The van der Waals surface area contributed by atoms with Crippen LogP contribution in [0.5, 0.6) is 0 Å². The van der Waals surface area contributed by atoms with Crippen LogP contribution in [0.3, 0.4) is 0 Å². The van der Waals surface area contributed by atoms with E-state index in [1.165, 1.54) is 0 Å². The van der Waals surface area contributed by atoms with Gasteiger partial charge in [-0.15, -0.1) is 0 Å². The SMILES string of the molecule is C/C=C1\C(=N/C(N)=NCCC(C)C)N(c2cccc(N)n2)[C@@H](CC)[C@@]1(C)COC(C)C. The highest BCUT2D eigenvalue weighted by Crippen LogP contribution is 2.46. The minimum Gasteiger partial charge on any atom is -0.384 e. The summed E-state index contributed by atoms with van der Waals surface area (Å²) in [4.78, 5) is 16.0. The van der Waals surface area contributed by atoms with Crippen LogP contribution in [0.15, 0.2) is 39.8 Å². The molecule has 0 bridgehead atoms. The molecule has 0 saturated carbocycles. The average molecular weight is 429 g/mol. The third kappa shape index (κ3) is 5.85. The number of nitrogens with two attached hydrogens (primary N) is 2. The van der Waals surface area contributed by atoms with Gasteiger partial charge in [-0.2, -0.15) is 4.99 Å². The van der Waals surface area contributed by atoms with Crippen molar-refractivity contribution >= 4 is 23.4 Å². The molecule has 0 spiro atoms. The second-order valence-corrected chi connectivity index (χ2v) is 9.05. The van der Waals surface area contributed by atoms with Gasteiger partial charge in [0.1, 0.15) is 17.5 Å². The molecule has 7 heteroatoms. The van der Waals surface area contributed by atoms with Gasteiger partial charge in [-0.05, 0) is 51.7 Å². The molecule has 1 saturated heterocycles. The molecule has 1 aliphatic rings. The Bertz CT molecular complexity index is 829.